The number of likely N-dealkylation sites (N-methyl/N-ethyl adjacent to an activating group) is 1. The summed E-state index contributed by atoms with van der Waals surface area (Å²) in [6.07, 6.45) is 0.584. The normalized spacial score (nSPS) is 21.1. The molecule has 1 aromatic carbocycles. The zero-order valence-corrected chi connectivity index (χ0v) is 18.5. The Labute approximate surface area is 180 Å². The Morgan fingerprint density at radius 1 is 1.30 bits per heavy atom. The van der Waals surface area contributed by atoms with Gasteiger partial charge in [-0.25, -0.2) is 13.4 Å². The van der Waals surface area contributed by atoms with Gasteiger partial charge in [0.1, 0.15) is 0 Å². The number of carbonyl (C=O) groups is 1. The van der Waals surface area contributed by atoms with Crippen LogP contribution in [0.3, 0.4) is 0 Å². The Kier molecular flexibility index (Phi) is 6.37. The number of nitrogens with one attached hydrogen (secondary N) is 1. The number of aromatic nitrogens is 1. The fourth-order valence-electron chi connectivity index (χ4n) is 3.70. The lowest BCUT2D eigenvalue weighted by Crippen LogP contribution is -2.38. The van der Waals surface area contributed by atoms with Gasteiger partial charge in [-0.15, -0.1) is 11.3 Å². The lowest BCUT2D eigenvalue weighted by atomic mass is 10.1. The number of thiazole rings is 1. The first-order chi connectivity index (χ1) is 14.4. The molecule has 4 rings (SSSR count). The standard InChI is InChI=1S/C20H26N4O4S2/c1-23(17-6-11-30(26,27)14-17)12-19(25)21-16-4-2-15(3-5-16)18-13-29-20(22-18)24-7-9-28-10-8-24/h2-5,13,17H,6-12,14H2,1H3,(H,21,25)/t17-/m1/s1. The highest BCUT2D eigenvalue weighted by Gasteiger charge is 2.31. The van der Waals surface area contributed by atoms with Crippen LogP contribution in [0, 0.1) is 0 Å². The molecule has 2 aromatic rings. The molecular formula is C20H26N4O4S2. The second-order valence-corrected chi connectivity index (χ2v) is 10.8. The molecule has 3 heterocycles. The van der Waals surface area contributed by atoms with E-state index in [0.717, 1.165) is 42.7 Å². The second kappa shape index (κ2) is 9.01. The van der Waals surface area contributed by atoms with Gasteiger partial charge in [0, 0.05) is 35.8 Å². The molecule has 8 nitrogen and oxygen atoms in total. The predicted molar refractivity (Wildman–Crippen MR) is 119 cm³/mol. The van der Waals surface area contributed by atoms with Gasteiger partial charge in [0.2, 0.25) is 5.91 Å². The minimum atomic E-state index is -2.96. The number of benzene rings is 1. The van der Waals surface area contributed by atoms with Crippen LogP contribution in [0.25, 0.3) is 11.3 Å². The van der Waals surface area contributed by atoms with Gasteiger partial charge in [-0.2, -0.15) is 0 Å². The van der Waals surface area contributed by atoms with Crippen molar-refractivity contribution in [3.63, 3.8) is 0 Å². The summed E-state index contributed by atoms with van der Waals surface area (Å²) in [5, 5.41) is 5.93. The number of amides is 1. The number of hydrogen-bond donors (Lipinski definition) is 1. The molecule has 2 fully saturated rings. The van der Waals surface area contributed by atoms with Crippen molar-refractivity contribution >= 4 is 37.9 Å². The molecule has 1 N–H and O–H groups in total. The Morgan fingerprint density at radius 3 is 2.70 bits per heavy atom. The topological polar surface area (TPSA) is 91.8 Å². The van der Waals surface area contributed by atoms with Crippen LogP contribution < -0.4 is 10.2 Å². The number of anilines is 2. The van der Waals surface area contributed by atoms with Crippen molar-refractivity contribution < 1.29 is 17.9 Å². The first-order valence-electron chi connectivity index (χ1n) is 9.99. The van der Waals surface area contributed by atoms with E-state index in [0.29, 0.717) is 12.1 Å². The van der Waals surface area contributed by atoms with Gasteiger partial charge in [-0.3, -0.25) is 9.69 Å². The van der Waals surface area contributed by atoms with E-state index < -0.39 is 9.84 Å². The third-order valence-corrected chi connectivity index (χ3v) is 8.11. The fraction of sp³-hybridized carbons (Fsp3) is 0.500. The fourth-order valence-corrected chi connectivity index (χ4v) is 6.39. The molecule has 10 heteroatoms. The smallest absolute Gasteiger partial charge is 0.238 e. The van der Waals surface area contributed by atoms with E-state index in [1.54, 1.807) is 18.4 Å². The zero-order valence-electron chi connectivity index (χ0n) is 16.9. The van der Waals surface area contributed by atoms with E-state index in [-0.39, 0.29) is 30.0 Å². The molecule has 0 radical (unpaired) electrons. The van der Waals surface area contributed by atoms with E-state index >= 15 is 0 Å². The lowest BCUT2D eigenvalue weighted by molar-refractivity contribution is -0.117. The third-order valence-electron chi connectivity index (χ3n) is 5.46. The number of nitrogens with zero attached hydrogens (tertiary/aromatic N) is 3. The number of ether oxygens (including phenoxy) is 1. The summed E-state index contributed by atoms with van der Waals surface area (Å²) in [6.45, 7) is 3.35. The monoisotopic (exact) mass is 450 g/mol. The van der Waals surface area contributed by atoms with Crippen molar-refractivity contribution in [2.45, 2.75) is 12.5 Å². The average Bonchev–Trinajstić information content (AvgIpc) is 3.36. The lowest BCUT2D eigenvalue weighted by Gasteiger charge is -2.26. The molecule has 2 aliphatic heterocycles. The zero-order chi connectivity index (χ0) is 21.1. The number of carbonyl (C=O) groups excluding carboxylic acids is 1. The van der Waals surface area contributed by atoms with E-state index in [4.69, 9.17) is 9.72 Å². The van der Waals surface area contributed by atoms with E-state index in [2.05, 4.69) is 10.2 Å². The van der Waals surface area contributed by atoms with Crippen LogP contribution in [-0.2, 0) is 19.4 Å². The van der Waals surface area contributed by atoms with Crippen molar-refractivity contribution in [2.24, 2.45) is 0 Å². The van der Waals surface area contributed by atoms with Crippen LogP contribution in [0.1, 0.15) is 6.42 Å². The van der Waals surface area contributed by atoms with Gasteiger partial charge in [-0.05, 0) is 25.6 Å². The maximum absolute atomic E-state index is 12.3. The summed E-state index contributed by atoms with van der Waals surface area (Å²) < 4.78 is 28.6. The maximum atomic E-state index is 12.3. The largest absolute Gasteiger partial charge is 0.378 e. The molecule has 1 amide bonds. The summed E-state index contributed by atoms with van der Waals surface area (Å²) >= 11 is 1.63. The van der Waals surface area contributed by atoms with Gasteiger partial charge < -0.3 is 15.0 Å². The summed E-state index contributed by atoms with van der Waals surface area (Å²) in [4.78, 5) is 21.1. The SMILES string of the molecule is CN(CC(=O)Nc1ccc(-c2csc(N3CCOCC3)n2)cc1)[C@@H]1CCS(=O)(=O)C1. The molecule has 0 saturated carbocycles. The minimum Gasteiger partial charge on any atom is -0.378 e. The molecule has 1 aromatic heterocycles. The number of sulfone groups is 1. The van der Waals surface area contributed by atoms with Gasteiger partial charge in [0.15, 0.2) is 15.0 Å². The van der Waals surface area contributed by atoms with Gasteiger partial charge in [0.25, 0.3) is 0 Å². The molecular weight excluding hydrogens is 424 g/mol. The van der Waals surface area contributed by atoms with E-state index in [1.807, 2.05) is 34.5 Å². The molecule has 162 valence electrons. The Hall–Kier alpha value is -2.01. The molecule has 0 aliphatic carbocycles. The highest BCUT2D eigenvalue weighted by atomic mass is 32.2. The molecule has 2 aliphatic rings. The summed E-state index contributed by atoms with van der Waals surface area (Å²) in [5.74, 6) is 0.179. The first kappa shape index (κ1) is 21.2. The third kappa shape index (κ3) is 5.18. The molecule has 0 bridgehead atoms. The van der Waals surface area contributed by atoms with Crippen molar-refractivity contribution in [1.82, 2.24) is 9.88 Å². The minimum absolute atomic E-state index is 0.0894. The second-order valence-electron chi connectivity index (χ2n) is 7.71. The first-order valence-corrected chi connectivity index (χ1v) is 12.7. The Morgan fingerprint density at radius 2 is 2.03 bits per heavy atom. The average molecular weight is 451 g/mol. The van der Waals surface area contributed by atoms with Crippen LogP contribution in [0.4, 0.5) is 10.8 Å². The van der Waals surface area contributed by atoms with Gasteiger partial charge >= 0.3 is 0 Å². The van der Waals surface area contributed by atoms with Crippen molar-refractivity contribution in [3.05, 3.63) is 29.6 Å². The molecule has 0 spiro atoms. The Bertz CT molecular complexity index is 984. The molecule has 0 unspecified atom stereocenters. The van der Waals surface area contributed by atoms with Crippen LogP contribution in [0.5, 0.6) is 0 Å². The van der Waals surface area contributed by atoms with Gasteiger partial charge in [0.05, 0.1) is 37.0 Å². The van der Waals surface area contributed by atoms with Crippen LogP contribution in [-0.4, -0.2) is 81.7 Å². The number of hydrogen-bond acceptors (Lipinski definition) is 8. The quantitative estimate of drug-likeness (QED) is 0.716. The number of rotatable bonds is 6. The van der Waals surface area contributed by atoms with Crippen molar-refractivity contribution in [2.75, 3.05) is 61.6 Å². The Balaban J connectivity index is 1.32. The maximum Gasteiger partial charge on any atom is 0.238 e. The predicted octanol–water partition coefficient (Wildman–Crippen LogP) is 1.70. The van der Waals surface area contributed by atoms with Crippen molar-refractivity contribution in [3.8, 4) is 11.3 Å². The van der Waals surface area contributed by atoms with Crippen LogP contribution in [0.15, 0.2) is 29.6 Å². The summed E-state index contributed by atoms with van der Waals surface area (Å²) in [6, 6.07) is 7.53. The number of morpholine rings is 1. The van der Waals surface area contributed by atoms with E-state index in [1.165, 1.54) is 0 Å². The highest BCUT2D eigenvalue weighted by molar-refractivity contribution is 7.91. The summed E-state index contributed by atoms with van der Waals surface area (Å²) in [7, 11) is -1.17. The molecule has 30 heavy (non-hydrogen) atoms. The van der Waals surface area contributed by atoms with E-state index in [9.17, 15) is 13.2 Å². The molecule has 1 atom stereocenters. The van der Waals surface area contributed by atoms with Gasteiger partial charge in [-0.1, -0.05) is 12.1 Å². The molecule has 2 saturated heterocycles. The summed E-state index contributed by atoms with van der Waals surface area (Å²) in [5.41, 5.74) is 2.62. The van der Waals surface area contributed by atoms with Crippen LogP contribution in [0.2, 0.25) is 0 Å². The van der Waals surface area contributed by atoms with Crippen LogP contribution >= 0.6 is 11.3 Å². The van der Waals surface area contributed by atoms with Crippen molar-refractivity contribution in [1.29, 1.82) is 0 Å². The highest BCUT2D eigenvalue weighted by Crippen LogP contribution is 2.28.